The average molecular weight is 343 g/mol. The highest BCUT2D eigenvalue weighted by Gasteiger charge is 2.25. The highest BCUT2D eigenvalue weighted by molar-refractivity contribution is 5.95. The Bertz CT molecular complexity index is 987. The van der Waals surface area contributed by atoms with Gasteiger partial charge in [0.1, 0.15) is 0 Å². The fourth-order valence-electron chi connectivity index (χ4n) is 3.14. The molecule has 0 atom stereocenters. The summed E-state index contributed by atoms with van der Waals surface area (Å²) in [7, 11) is 0. The van der Waals surface area contributed by atoms with Crippen molar-refractivity contribution in [3.63, 3.8) is 0 Å². The van der Waals surface area contributed by atoms with Gasteiger partial charge in [0.25, 0.3) is 5.91 Å². The number of nitrogens with zero attached hydrogens (tertiary/aromatic N) is 3. The van der Waals surface area contributed by atoms with Gasteiger partial charge >= 0.3 is 0 Å². The van der Waals surface area contributed by atoms with Crippen molar-refractivity contribution < 1.29 is 4.79 Å². The Kier molecular flexibility index (Phi) is 4.12. The third-order valence-corrected chi connectivity index (χ3v) is 4.49. The molecule has 2 aromatic carbocycles. The molecule has 0 spiro atoms. The van der Waals surface area contributed by atoms with Crippen LogP contribution in [0, 0.1) is 11.5 Å². The Balaban J connectivity index is 1.53. The van der Waals surface area contributed by atoms with E-state index in [1.54, 1.807) is 11.0 Å². The zero-order valence-corrected chi connectivity index (χ0v) is 14.1. The summed E-state index contributed by atoms with van der Waals surface area (Å²) >= 11 is 0. The van der Waals surface area contributed by atoms with Crippen LogP contribution in [0.15, 0.2) is 54.6 Å². The summed E-state index contributed by atoms with van der Waals surface area (Å²) in [5.41, 5.74) is 5.29. The molecule has 6 nitrogen and oxygen atoms in total. The molecule has 0 fully saturated rings. The number of fused-ring (bicyclic) bond motifs is 1. The molecule has 0 radical (unpaired) electrons. The smallest absolute Gasteiger partial charge is 0.251 e. The molecular formula is C20H17N5O. The number of nitriles is 1. The van der Waals surface area contributed by atoms with Gasteiger partial charge in [-0.15, -0.1) is 0 Å². The van der Waals surface area contributed by atoms with Crippen molar-refractivity contribution in [3.8, 4) is 17.5 Å². The van der Waals surface area contributed by atoms with Crippen molar-refractivity contribution in [1.29, 1.82) is 5.26 Å². The van der Waals surface area contributed by atoms with Crippen molar-refractivity contribution in [3.05, 3.63) is 77.0 Å². The monoisotopic (exact) mass is 343 g/mol. The summed E-state index contributed by atoms with van der Waals surface area (Å²) in [5.74, 6) is -0.124. The van der Waals surface area contributed by atoms with Crippen LogP contribution in [0.2, 0.25) is 0 Å². The zero-order chi connectivity index (χ0) is 17.9. The lowest BCUT2D eigenvalue weighted by atomic mass is 10.0. The molecule has 128 valence electrons. The number of amides is 1. The van der Waals surface area contributed by atoms with Gasteiger partial charge in [-0.2, -0.15) is 10.4 Å². The first-order valence-corrected chi connectivity index (χ1v) is 8.38. The number of carbonyl (C=O) groups is 1. The average Bonchev–Trinajstić information content (AvgIpc) is 3.27. The van der Waals surface area contributed by atoms with Gasteiger partial charge in [-0.1, -0.05) is 42.5 Å². The Morgan fingerprint density at radius 1 is 1.19 bits per heavy atom. The number of carbonyl (C=O) groups excluding carboxylic acids is 1. The zero-order valence-electron chi connectivity index (χ0n) is 14.1. The molecule has 6 heteroatoms. The van der Waals surface area contributed by atoms with Crippen molar-refractivity contribution in [2.75, 3.05) is 0 Å². The Labute approximate surface area is 151 Å². The van der Waals surface area contributed by atoms with E-state index in [-0.39, 0.29) is 5.91 Å². The lowest BCUT2D eigenvalue weighted by molar-refractivity contribution is 0.0951. The molecule has 0 saturated heterocycles. The SMILES string of the molecule is N#CN1Cc2[nH]nc(-c3cccc(C(=O)NCc4ccccc4)c3)c2C1. The number of nitrogens with one attached hydrogen (secondary N) is 2. The first kappa shape index (κ1) is 15.9. The maximum Gasteiger partial charge on any atom is 0.251 e. The lowest BCUT2D eigenvalue weighted by Crippen LogP contribution is -2.22. The van der Waals surface area contributed by atoms with Gasteiger partial charge in [0.05, 0.1) is 24.5 Å². The van der Waals surface area contributed by atoms with Crippen molar-refractivity contribution >= 4 is 5.91 Å². The Morgan fingerprint density at radius 2 is 2.04 bits per heavy atom. The normalized spacial score (nSPS) is 12.5. The molecule has 0 saturated carbocycles. The van der Waals surface area contributed by atoms with Crippen LogP contribution in [0.25, 0.3) is 11.3 Å². The second-order valence-electron chi connectivity index (χ2n) is 6.23. The van der Waals surface area contributed by atoms with E-state index in [0.717, 1.165) is 28.1 Å². The number of benzene rings is 2. The molecule has 0 bridgehead atoms. The quantitative estimate of drug-likeness (QED) is 0.714. The molecule has 1 aromatic heterocycles. The second-order valence-corrected chi connectivity index (χ2v) is 6.23. The predicted octanol–water partition coefficient (Wildman–Crippen LogP) is 2.80. The van der Waals surface area contributed by atoms with E-state index >= 15 is 0 Å². The third-order valence-electron chi connectivity index (χ3n) is 4.49. The Hall–Kier alpha value is -3.59. The van der Waals surface area contributed by atoms with Crippen LogP contribution in [0.3, 0.4) is 0 Å². The van der Waals surface area contributed by atoms with E-state index in [0.29, 0.717) is 25.2 Å². The van der Waals surface area contributed by atoms with Crippen LogP contribution in [-0.2, 0) is 19.6 Å². The van der Waals surface area contributed by atoms with Crippen LogP contribution >= 0.6 is 0 Å². The van der Waals surface area contributed by atoms with Crippen molar-refractivity contribution in [2.24, 2.45) is 0 Å². The van der Waals surface area contributed by atoms with E-state index in [1.807, 2.05) is 48.5 Å². The standard InChI is InChI=1S/C20H17N5O/c21-13-25-11-17-18(12-25)23-24-19(17)15-7-4-8-16(9-15)20(26)22-10-14-5-2-1-3-6-14/h1-9H,10-12H2,(H,22,26)(H,23,24). The van der Waals surface area contributed by atoms with Crippen LogP contribution in [0.5, 0.6) is 0 Å². The summed E-state index contributed by atoms with van der Waals surface area (Å²) in [5, 5.41) is 19.4. The number of aromatic amines is 1. The number of H-pyrrole nitrogens is 1. The highest BCUT2D eigenvalue weighted by atomic mass is 16.1. The summed E-state index contributed by atoms with van der Waals surface area (Å²) < 4.78 is 0. The van der Waals surface area contributed by atoms with E-state index in [4.69, 9.17) is 5.26 Å². The fraction of sp³-hybridized carbons (Fsp3) is 0.150. The largest absolute Gasteiger partial charge is 0.348 e. The van der Waals surface area contributed by atoms with Crippen LogP contribution in [0.4, 0.5) is 0 Å². The first-order valence-electron chi connectivity index (χ1n) is 8.38. The predicted molar refractivity (Wildman–Crippen MR) is 96.5 cm³/mol. The molecule has 1 amide bonds. The molecular weight excluding hydrogens is 326 g/mol. The van der Waals surface area contributed by atoms with Gasteiger partial charge in [-0.05, 0) is 17.7 Å². The van der Waals surface area contributed by atoms with E-state index in [1.165, 1.54) is 0 Å². The van der Waals surface area contributed by atoms with Crippen LogP contribution in [0.1, 0.15) is 27.2 Å². The van der Waals surface area contributed by atoms with Crippen LogP contribution < -0.4 is 5.32 Å². The van der Waals surface area contributed by atoms with E-state index < -0.39 is 0 Å². The number of hydrogen-bond donors (Lipinski definition) is 2. The first-order chi connectivity index (χ1) is 12.7. The second kappa shape index (κ2) is 6.73. The van der Waals surface area contributed by atoms with E-state index in [9.17, 15) is 4.79 Å². The van der Waals surface area contributed by atoms with Gasteiger partial charge < -0.3 is 10.2 Å². The minimum Gasteiger partial charge on any atom is -0.348 e. The molecule has 1 aliphatic rings. The molecule has 3 aromatic rings. The summed E-state index contributed by atoms with van der Waals surface area (Å²) in [6, 6.07) is 17.2. The molecule has 0 aliphatic carbocycles. The summed E-state index contributed by atoms with van der Waals surface area (Å²) in [6.45, 7) is 1.58. The molecule has 1 aliphatic heterocycles. The maximum absolute atomic E-state index is 12.5. The van der Waals surface area contributed by atoms with Crippen molar-refractivity contribution in [2.45, 2.75) is 19.6 Å². The minimum atomic E-state index is -0.124. The van der Waals surface area contributed by atoms with Crippen LogP contribution in [-0.4, -0.2) is 21.0 Å². The maximum atomic E-state index is 12.5. The lowest BCUT2D eigenvalue weighted by Gasteiger charge is -2.08. The summed E-state index contributed by atoms with van der Waals surface area (Å²) in [6.07, 6.45) is 2.16. The summed E-state index contributed by atoms with van der Waals surface area (Å²) in [4.78, 5) is 14.2. The van der Waals surface area contributed by atoms with Crippen molar-refractivity contribution in [1.82, 2.24) is 20.4 Å². The number of aromatic nitrogens is 2. The highest BCUT2D eigenvalue weighted by Crippen LogP contribution is 2.30. The number of rotatable bonds is 4. The molecule has 4 rings (SSSR count). The fourth-order valence-corrected chi connectivity index (χ4v) is 3.14. The minimum absolute atomic E-state index is 0.124. The molecule has 2 N–H and O–H groups in total. The Morgan fingerprint density at radius 3 is 2.85 bits per heavy atom. The van der Waals surface area contributed by atoms with E-state index in [2.05, 4.69) is 21.7 Å². The van der Waals surface area contributed by atoms with Gasteiger partial charge in [0, 0.05) is 23.2 Å². The van der Waals surface area contributed by atoms with Gasteiger partial charge in [0.15, 0.2) is 6.19 Å². The number of hydrogen-bond acceptors (Lipinski definition) is 4. The molecule has 0 unspecified atom stereocenters. The topological polar surface area (TPSA) is 84.8 Å². The van der Waals surface area contributed by atoms with Gasteiger partial charge in [-0.3, -0.25) is 9.89 Å². The molecule has 26 heavy (non-hydrogen) atoms. The third kappa shape index (κ3) is 3.03. The van der Waals surface area contributed by atoms with Gasteiger partial charge in [0.2, 0.25) is 0 Å². The molecule has 2 heterocycles. The van der Waals surface area contributed by atoms with Gasteiger partial charge in [-0.25, -0.2) is 0 Å².